The Morgan fingerprint density at radius 2 is 2.21 bits per heavy atom. The van der Waals surface area contributed by atoms with Crippen LogP contribution in [-0.4, -0.2) is 28.3 Å². The van der Waals surface area contributed by atoms with E-state index in [1.807, 2.05) is 14.0 Å². The fourth-order valence-electron chi connectivity index (χ4n) is 3.51. The summed E-state index contributed by atoms with van der Waals surface area (Å²) < 4.78 is 7.02. The van der Waals surface area contributed by atoms with Gasteiger partial charge in [0.1, 0.15) is 5.00 Å². The number of rotatable bonds is 6. The van der Waals surface area contributed by atoms with Gasteiger partial charge in [-0.2, -0.15) is 5.10 Å². The molecule has 2 aromatic rings. The lowest BCUT2D eigenvalue weighted by Crippen LogP contribution is -2.16. The number of hydrogen-bond acceptors (Lipinski definition) is 5. The Labute approximate surface area is 169 Å². The molecule has 0 aliphatic heterocycles. The van der Waals surface area contributed by atoms with Gasteiger partial charge in [0, 0.05) is 29.3 Å². The molecule has 3 rings (SSSR count). The first-order valence-corrected chi connectivity index (χ1v) is 10.6. The van der Waals surface area contributed by atoms with Crippen LogP contribution in [0.3, 0.4) is 0 Å². The monoisotopic (exact) mass is 401 g/mol. The molecule has 2 aromatic heterocycles. The van der Waals surface area contributed by atoms with E-state index in [0.717, 1.165) is 42.5 Å². The average Bonchev–Trinajstić information content (AvgIpc) is 3.19. The second-order valence-electron chi connectivity index (χ2n) is 7.08. The second-order valence-corrected chi connectivity index (χ2v) is 8.18. The molecule has 0 radical (unpaired) electrons. The fraction of sp³-hybridized carbons (Fsp3) is 0.476. The van der Waals surface area contributed by atoms with E-state index in [4.69, 9.17) is 4.74 Å². The summed E-state index contributed by atoms with van der Waals surface area (Å²) in [7, 11) is 1.86. The SMILES string of the molecule is CCOC(=O)c1c(NC(=O)/C=C/c2cnn(C)c2C)sc2c1CC[C@H](CC)C2. The largest absolute Gasteiger partial charge is 0.462 e. The third-order valence-corrected chi connectivity index (χ3v) is 6.52. The predicted molar refractivity (Wildman–Crippen MR) is 112 cm³/mol. The molecular formula is C21H27N3O3S. The standard InChI is InChI=1S/C21H27N3O3S/c1-5-14-7-9-16-17(11-14)28-20(19(16)21(26)27-6-2)23-18(25)10-8-15-12-22-24(4)13(15)3/h8,10,12,14H,5-7,9,11H2,1-4H3,(H,23,25)/b10-8+/t14-/m0/s1. The maximum atomic E-state index is 12.6. The van der Waals surface area contributed by atoms with Crippen molar-refractivity contribution in [3.63, 3.8) is 0 Å². The highest BCUT2D eigenvalue weighted by atomic mass is 32.1. The summed E-state index contributed by atoms with van der Waals surface area (Å²) in [6, 6.07) is 0. The van der Waals surface area contributed by atoms with Gasteiger partial charge in [0.2, 0.25) is 5.91 Å². The Kier molecular flexibility index (Phi) is 6.34. The van der Waals surface area contributed by atoms with Gasteiger partial charge in [-0.15, -0.1) is 11.3 Å². The smallest absolute Gasteiger partial charge is 0.341 e. The van der Waals surface area contributed by atoms with Gasteiger partial charge >= 0.3 is 5.97 Å². The topological polar surface area (TPSA) is 73.2 Å². The van der Waals surface area contributed by atoms with Crippen molar-refractivity contribution in [3.05, 3.63) is 39.5 Å². The minimum atomic E-state index is -0.350. The van der Waals surface area contributed by atoms with Gasteiger partial charge in [0.25, 0.3) is 0 Å². The third kappa shape index (κ3) is 4.19. The number of thiophene rings is 1. The Morgan fingerprint density at radius 1 is 1.43 bits per heavy atom. The number of ether oxygens (including phenoxy) is 1. The Morgan fingerprint density at radius 3 is 2.86 bits per heavy atom. The van der Waals surface area contributed by atoms with E-state index in [1.165, 1.54) is 22.3 Å². The van der Waals surface area contributed by atoms with Gasteiger partial charge in [-0.05, 0) is 50.7 Å². The molecule has 1 N–H and O–H groups in total. The number of anilines is 1. The van der Waals surface area contributed by atoms with Crippen LogP contribution in [0, 0.1) is 12.8 Å². The molecule has 0 spiro atoms. The Hall–Kier alpha value is -2.41. The number of aromatic nitrogens is 2. The molecule has 6 nitrogen and oxygen atoms in total. The molecule has 1 amide bonds. The van der Waals surface area contributed by atoms with Crippen LogP contribution in [-0.2, 0) is 29.4 Å². The van der Waals surface area contributed by atoms with Crippen molar-refractivity contribution < 1.29 is 14.3 Å². The van der Waals surface area contributed by atoms with Crippen LogP contribution in [0.2, 0.25) is 0 Å². The van der Waals surface area contributed by atoms with Gasteiger partial charge < -0.3 is 10.1 Å². The van der Waals surface area contributed by atoms with Crippen LogP contribution in [0.15, 0.2) is 12.3 Å². The molecular weight excluding hydrogens is 374 g/mol. The van der Waals surface area contributed by atoms with Crippen LogP contribution in [0.25, 0.3) is 6.08 Å². The summed E-state index contributed by atoms with van der Waals surface area (Å²) in [6.45, 7) is 6.25. The highest BCUT2D eigenvalue weighted by molar-refractivity contribution is 7.17. The third-order valence-electron chi connectivity index (χ3n) is 5.35. The minimum absolute atomic E-state index is 0.264. The van der Waals surface area contributed by atoms with E-state index in [0.29, 0.717) is 23.1 Å². The number of nitrogens with one attached hydrogen (secondary N) is 1. The molecule has 28 heavy (non-hydrogen) atoms. The molecule has 0 fully saturated rings. The van der Waals surface area contributed by atoms with Crippen molar-refractivity contribution in [1.82, 2.24) is 9.78 Å². The number of fused-ring (bicyclic) bond motifs is 1. The average molecular weight is 402 g/mol. The molecule has 1 aliphatic rings. The Bertz CT molecular complexity index is 910. The zero-order valence-corrected chi connectivity index (χ0v) is 17.7. The zero-order chi connectivity index (χ0) is 20.3. The zero-order valence-electron chi connectivity index (χ0n) is 16.9. The number of nitrogens with zero attached hydrogens (tertiary/aromatic N) is 2. The number of esters is 1. The van der Waals surface area contributed by atoms with Crippen LogP contribution in [0.1, 0.15) is 58.7 Å². The van der Waals surface area contributed by atoms with Gasteiger partial charge in [0.05, 0.1) is 18.4 Å². The van der Waals surface area contributed by atoms with E-state index in [1.54, 1.807) is 23.9 Å². The molecule has 150 valence electrons. The van der Waals surface area contributed by atoms with E-state index in [-0.39, 0.29) is 11.9 Å². The van der Waals surface area contributed by atoms with Crippen molar-refractivity contribution in [2.75, 3.05) is 11.9 Å². The van der Waals surface area contributed by atoms with E-state index >= 15 is 0 Å². The highest BCUT2D eigenvalue weighted by Gasteiger charge is 2.29. The summed E-state index contributed by atoms with van der Waals surface area (Å²) in [4.78, 5) is 26.3. The molecule has 2 heterocycles. The molecule has 7 heteroatoms. The summed E-state index contributed by atoms with van der Waals surface area (Å²) >= 11 is 1.51. The first-order valence-electron chi connectivity index (χ1n) is 9.73. The summed E-state index contributed by atoms with van der Waals surface area (Å²) in [5, 5.41) is 7.67. The molecule has 0 saturated carbocycles. The quantitative estimate of drug-likeness (QED) is 0.583. The maximum absolute atomic E-state index is 12.6. The van der Waals surface area contributed by atoms with Crippen LogP contribution in [0.4, 0.5) is 5.00 Å². The van der Waals surface area contributed by atoms with Gasteiger partial charge in [-0.25, -0.2) is 4.79 Å². The molecule has 0 saturated heterocycles. The van der Waals surface area contributed by atoms with Crippen molar-refractivity contribution in [2.45, 2.75) is 46.5 Å². The predicted octanol–water partition coefficient (Wildman–Crippen LogP) is 4.13. The maximum Gasteiger partial charge on any atom is 0.341 e. The number of carbonyl (C=O) groups is 2. The lowest BCUT2D eigenvalue weighted by Gasteiger charge is -2.20. The number of hydrogen-bond donors (Lipinski definition) is 1. The lowest BCUT2D eigenvalue weighted by atomic mass is 9.85. The normalized spacial score (nSPS) is 16.2. The van der Waals surface area contributed by atoms with Crippen LogP contribution < -0.4 is 5.32 Å². The Balaban J connectivity index is 1.84. The summed E-state index contributed by atoms with van der Waals surface area (Å²) in [5.41, 5.74) is 3.46. The lowest BCUT2D eigenvalue weighted by molar-refractivity contribution is -0.111. The first-order chi connectivity index (χ1) is 13.4. The van der Waals surface area contributed by atoms with Gasteiger partial charge in [-0.1, -0.05) is 13.3 Å². The van der Waals surface area contributed by atoms with E-state index < -0.39 is 0 Å². The summed E-state index contributed by atoms with van der Waals surface area (Å²) in [5.74, 6) is 0.0231. The van der Waals surface area contributed by atoms with Crippen molar-refractivity contribution in [2.24, 2.45) is 13.0 Å². The van der Waals surface area contributed by atoms with Gasteiger partial charge in [-0.3, -0.25) is 9.48 Å². The van der Waals surface area contributed by atoms with Gasteiger partial charge in [0.15, 0.2) is 0 Å². The minimum Gasteiger partial charge on any atom is -0.462 e. The summed E-state index contributed by atoms with van der Waals surface area (Å²) in [6.07, 6.45) is 8.95. The van der Waals surface area contributed by atoms with E-state index in [2.05, 4.69) is 17.3 Å². The second kappa shape index (κ2) is 8.73. The molecule has 1 aliphatic carbocycles. The molecule has 0 unspecified atom stereocenters. The molecule has 0 bridgehead atoms. The fourth-order valence-corrected chi connectivity index (χ4v) is 4.86. The number of amides is 1. The van der Waals surface area contributed by atoms with E-state index in [9.17, 15) is 9.59 Å². The number of carbonyl (C=O) groups excluding carboxylic acids is 2. The van der Waals surface area contributed by atoms with Crippen molar-refractivity contribution in [3.8, 4) is 0 Å². The van der Waals surface area contributed by atoms with Crippen molar-refractivity contribution in [1.29, 1.82) is 0 Å². The first kappa shape index (κ1) is 20.3. The van der Waals surface area contributed by atoms with Crippen LogP contribution in [0.5, 0.6) is 0 Å². The van der Waals surface area contributed by atoms with Crippen LogP contribution >= 0.6 is 11.3 Å². The van der Waals surface area contributed by atoms with Crippen molar-refractivity contribution >= 4 is 34.3 Å². The molecule has 0 aromatic carbocycles. The highest BCUT2D eigenvalue weighted by Crippen LogP contribution is 2.40. The molecule has 1 atom stereocenters. The number of aryl methyl sites for hydroxylation is 1.